The second-order valence-electron chi connectivity index (χ2n) is 6.40. The molecule has 1 rings (SSSR count). The first-order chi connectivity index (χ1) is 8.36. The first-order valence-corrected chi connectivity index (χ1v) is 7.05. The lowest BCUT2D eigenvalue weighted by Crippen LogP contribution is -2.32. The second-order valence-corrected chi connectivity index (χ2v) is 6.40. The summed E-state index contributed by atoms with van der Waals surface area (Å²) in [5.41, 5.74) is 1.71. The zero-order valence-corrected chi connectivity index (χ0v) is 12.8. The average Bonchev–Trinajstić information content (AvgIpc) is 2.74. The third-order valence-corrected chi connectivity index (χ3v) is 4.02. The first-order valence-electron chi connectivity index (χ1n) is 7.05. The highest BCUT2D eigenvalue weighted by Crippen LogP contribution is 2.29. The number of rotatable bonds is 6. The van der Waals surface area contributed by atoms with Crippen molar-refractivity contribution < 1.29 is 0 Å². The number of hydrogen-bond acceptors (Lipinski definition) is 2. The standard InChI is InChI=1S/C15H29N3/c1-7-18-11-13(10-17-18)9-14(16-6)8-12(2)15(3,4)5/h10-12,14,16H,7-9H2,1-6H3. The Labute approximate surface area is 112 Å². The van der Waals surface area contributed by atoms with Crippen LogP contribution in [-0.2, 0) is 13.0 Å². The van der Waals surface area contributed by atoms with Crippen molar-refractivity contribution in [1.82, 2.24) is 15.1 Å². The monoisotopic (exact) mass is 251 g/mol. The summed E-state index contributed by atoms with van der Waals surface area (Å²) in [4.78, 5) is 0. The van der Waals surface area contributed by atoms with Gasteiger partial charge in [-0.05, 0) is 43.7 Å². The van der Waals surface area contributed by atoms with Crippen LogP contribution in [0.3, 0.4) is 0 Å². The van der Waals surface area contributed by atoms with E-state index in [1.807, 2.05) is 10.9 Å². The van der Waals surface area contributed by atoms with Crippen molar-refractivity contribution in [3.8, 4) is 0 Å². The molecule has 0 aliphatic rings. The summed E-state index contributed by atoms with van der Waals surface area (Å²) in [5, 5.41) is 7.78. The van der Waals surface area contributed by atoms with Gasteiger partial charge in [-0.2, -0.15) is 5.10 Å². The predicted octanol–water partition coefficient (Wildman–Crippen LogP) is 3.11. The van der Waals surface area contributed by atoms with E-state index in [4.69, 9.17) is 0 Å². The number of likely N-dealkylation sites (N-methyl/N-ethyl adjacent to an activating group) is 1. The molecule has 0 spiro atoms. The number of aryl methyl sites for hydroxylation is 1. The summed E-state index contributed by atoms with van der Waals surface area (Å²) in [6.45, 7) is 12.4. The maximum absolute atomic E-state index is 4.34. The molecule has 1 aromatic heterocycles. The molecule has 0 aliphatic heterocycles. The molecule has 104 valence electrons. The molecular formula is C15H29N3. The van der Waals surface area contributed by atoms with Crippen molar-refractivity contribution >= 4 is 0 Å². The van der Waals surface area contributed by atoms with Crippen LogP contribution in [0.5, 0.6) is 0 Å². The minimum atomic E-state index is 0.378. The quantitative estimate of drug-likeness (QED) is 0.842. The highest BCUT2D eigenvalue weighted by molar-refractivity contribution is 5.06. The van der Waals surface area contributed by atoms with Crippen LogP contribution < -0.4 is 5.32 Å². The van der Waals surface area contributed by atoms with Gasteiger partial charge < -0.3 is 5.32 Å². The van der Waals surface area contributed by atoms with Gasteiger partial charge in [0.2, 0.25) is 0 Å². The largest absolute Gasteiger partial charge is 0.317 e. The normalized spacial score (nSPS) is 15.7. The van der Waals surface area contributed by atoms with E-state index in [0.717, 1.165) is 13.0 Å². The van der Waals surface area contributed by atoms with Crippen LogP contribution in [0.1, 0.15) is 46.6 Å². The highest BCUT2D eigenvalue weighted by atomic mass is 15.3. The van der Waals surface area contributed by atoms with Crippen molar-refractivity contribution in [2.75, 3.05) is 7.05 Å². The molecule has 2 atom stereocenters. The van der Waals surface area contributed by atoms with E-state index in [1.54, 1.807) is 0 Å². The number of aromatic nitrogens is 2. The van der Waals surface area contributed by atoms with Crippen molar-refractivity contribution in [3.63, 3.8) is 0 Å². The Morgan fingerprint density at radius 2 is 2.06 bits per heavy atom. The predicted molar refractivity (Wildman–Crippen MR) is 77.7 cm³/mol. The van der Waals surface area contributed by atoms with Gasteiger partial charge in [-0.1, -0.05) is 27.7 Å². The summed E-state index contributed by atoms with van der Waals surface area (Å²) >= 11 is 0. The zero-order valence-electron chi connectivity index (χ0n) is 12.8. The van der Waals surface area contributed by atoms with E-state index in [-0.39, 0.29) is 0 Å². The molecule has 0 saturated heterocycles. The van der Waals surface area contributed by atoms with Crippen LogP contribution in [0, 0.1) is 11.3 Å². The molecule has 0 amide bonds. The third-order valence-electron chi connectivity index (χ3n) is 4.02. The van der Waals surface area contributed by atoms with Crippen molar-refractivity contribution in [1.29, 1.82) is 0 Å². The van der Waals surface area contributed by atoms with E-state index in [9.17, 15) is 0 Å². The van der Waals surface area contributed by atoms with Gasteiger partial charge >= 0.3 is 0 Å². The van der Waals surface area contributed by atoms with Gasteiger partial charge in [0, 0.05) is 18.8 Å². The molecule has 0 radical (unpaired) electrons. The fraction of sp³-hybridized carbons (Fsp3) is 0.800. The topological polar surface area (TPSA) is 29.9 Å². The van der Waals surface area contributed by atoms with Gasteiger partial charge in [-0.3, -0.25) is 4.68 Å². The fourth-order valence-electron chi connectivity index (χ4n) is 2.05. The molecule has 0 bridgehead atoms. The Bertz CT molecular complexity index is 349. The summed E-state index contributed by atoms with van der Waals surface area (Å²) in [7, 11) is 2.06. The molecule has 3 nitrogen and oxygen atoms in total. The van der Waals surface area contributed by atoms with E-state index < -0.39 is 0 Å². The Hall–Kier alpha value is -0.830. The highest BCUT2D eigenvalue weighted by Gasteiger charge is 2.23. The third kappa shape index (κ3) is 4.45. The van der Waals surface area contributed by atoms with Crippen LogP contribution in [0.4, 0.5) is 0 Å². The van der Waals surface area contributed by atoms with Crippen LogP contribution in [0.15, 0.2) is 12.4 Å². The molecule has 0 aliphatic carbocycles. The molecule has 1 heterocycles. The lowest BCUT2D eigenvalue weighted by Gasteiger charge is -2.30. The van der Waals surface area contributed by atoms with Gasteiger partial charge in [-0.15, -0.1) is 0 Å². The van der Waals surface area contributed by atoms with Gasteiger partial charge in [0.25, 0.3) is 0 Å². The summed E-state index contributed by atoms with van der Waals surface area (Å²) in [5.74, 6) is 0.705. The SMILES string of the molecule is CCn1cc(CC(CC(C)C(C)(C)C)NC)cn1. The summed E-state index contributed by atoms with van der Waals surface area (Å²) in [6, 6.07) is 0.536. The van der Waals surface area contributed by atoms with Crippen molar-refractivity contribution in [2.45, 2.75) is 60.0 Å². The summed E-state index contributed by atoms with van der Waals surface area (Å²) < 4.78 is 2.00. The second kappa shape index (κ2) is 6.37. The van der Waals surface area contributed by atoms with Gasteiger partial charge in [0.15, 0.2) is 0 Å². The zero-order chi connectivity index (χ0) is 13.8. The van der Waals surface area contributed by atoms with Crippen LogP contribution >= 0.6 is 0 Å². The van der Waals surface area contributed by atoms with E-state index in [0.29, 0.717) is 17.4 Å². The van der Waals surface area contributed by atoms with Crippen LogP contribution in [0.2, 0.25) is 0 Å². The van der Waals surface area contributed by atoms with Crippen molar-refractivity contribution in [3.05, 3.63) is 18.0 Å². The molecule has 2 unspecified atom stereocenters. The fourth-order valence-corrected chi connectivity index (χ4v) is 2.05. The maximum Gasteiger partial charge on any atom is 0.0522 e. The van der Waals surface area contributed by atoms with Gasteiger partial charge in [0.1, 0.15) is 0 Å². The summed E-state index contributed by atoms with van der Waals surface area (Å²) in [6.07, 6.45) is 6.43. The Morgan fingerprint density at radius 1 is 1.39 bits per heavy atom. The molecule has 0 saturated carbocycles. The van der Waals surface area contributed by atoms with E-state index >= 15 is 0 Å². The Kier molecular flexibility index (Phi) is 5.39. The molecule has 18 heavy (non-hydrogen) atoms. The van der Waals surface area contributed by atoms with Crippen molar-refractivity contribution in [2.24, 2.45) is 11.3 Å². The minimum absolute atomic E-state index is 0.378. The van der Waals surface area contributed by atoms with E-state index in [1.165, 1.54) is 12.0 Å². The lowest BCUT2D eigenvalue weighted by molar-refractivity contribution is 0.225. The maximum atomic E-state index is 4.34. The molecule has 3 heteroatoms. The first kappa shape index (κ1) is 15.2. The smallest absolute Gasteiger partial charge is 0.0522 e. The molecule has 1 N–H and O–H groups in total. The number of nitrogens with one attached hydrogen (secondary N) is 1. The Morgan fingerprint density at radius 3 is 2.50 bits per heavy atom. The molecule has 1 aromatic rings. The average molecular weight is 251 g/mol. The molecule has 0 fully saturated rings. The number of nitrogens with zero attached hydrogens (tertiary/aromatic N) is 2. The van der Waals surface area contributed by atoms with Gasteiger partial charge in [0.05, 0.1) is 6.20 Å². The minimum Gasteiger partial charge on any atom is -0.317 e. The van der Waals surface area contributed by atoms with Crippen LogP contribution in [0.25, 0.3) is 0 Å². The van der Waals surface area contributed by atoms with Gasteiger partial charge in [-0.25, -0.2) is 0 Å². The molecule has 0 aromatic carbocycles. The lowest BCUT2D eigenvalue weighted by atomic mass is 9.78. The molecular weight excluding hydrogens is 222 g/mol. The van der Waals surface area contributed by atoms with E-state index in [2.05, 4.69) is 58.3 Å². The number of hydrogen-bond donors (Lipinski definition) is 1. The Balaban J connectivity index is 2.56. The van der Waals surface area contributed by atoms with Crippen LogP contribution in [-0.4, -0.2) is 22.9 Å².